The molecule has 6 rings (SSSR count). The molecule has 0 saturated carbocycles. The monoisotopic (exact) mass is 683 g/mol. The number of carboxylic acid groups (broad SMARTS) is 1. The smallest absolute Gasteiger partial charge is 0.326 e. The number of nitrogens with one attached hydrogen (secondary N) is 5. The third-order valence-corrected chi connectivity index (χ3v) is 9.30. The molecule has 4 atom stereocenters. The number of aliphatic carboxylic acids is 1. The lowest BCUT2D eigenvalue weighted by atomic mass is 9.99. The van der Waals surface area contributed by atoms with Gasteiger partial charge in [0.1, 0.15) is 18.1 Å². The first kappa shape index (κ1) is 34.9. The van der Waals surface area contributed by atoms with Crippen LogP contribution in [-0.2, 0) is 41.6 Å². The Balaban J connectivity index is 1.39. The van der Waals surface area contributed by atoms with Crippen molar-refractivity contribution in [2.75, 3.05) is 11.9 Å². The molecule has 2 bridgehead atoms. The summed E-state index contributed by atoms with van der Waals surface area (Å²) >= 11 is 1.38. The van der Waals surface area contributed by atoms with E-state index in [-0.39, 0.29) is 30.9 Å². The Kier molecular flexibility index (Phi) is 11.8. The van der Waals surface area contributed by atoms with E-state index in [9.17, 15) is 33.9 Å². The van der Waals surface area contributed by atoms with E-state index in [4.69, 9.17) is 0 Å². The molecular weight excluding hydrogens is 646 g/mol. The van der Waals surface area contributed by atoms with Gasteiger partial charge in [0, 0.05) is 36.6 Å². The molecule has 6 N–H and O–H groups in total. The van der Waals surface area contributed by atoms with Crippen molar-refractivity contribution in [1.29, 1.82) is 0 Å². The van der Waals surface area contributed by atoms with Crippen LogP contribution in [0.5, 0.6) is 0 Å². The summed E-state index contributed by atoms with van der Waals surface area (Å²) in [7, 11) is 0. The maximum atomic E-state index is 13.8. The first-order chi connectivity index (χ1) is 23.6. The number of carbonyl (C=O) groups excluding carboxylic acids is 5. The predicted molar refractivity (Wildman–Crippen MR) is 185 cm³/mol. The van der Waals surface area contributed by atoms with Crippen LogP contribution in [-0.4, -0.2) is 70.5 Å². The van der Waals surface area contributed by atoms with Crippen LogP contribution in [0.2, 0.25) is 0 Å². The second-order valence-corrected chi connectivity index (χ2v) is 12.9. The predicted octanol–water partition coefficient (Wildman–Crippen LogP) is 2.55. The number of fused-ring (bicyclic) bond motifs is 18. The van der Waals surface area contributed by atoms with Crippen LogP contribution < -0.4 is 26.6 Å². The van der Waals surface area contributed by atoms with Crippen LogP contribution in [0.4, 0.5) is 5.69 Å². The number of thioether (sulfide) groups is 1. The van der Waals surface area contributed by atoms with Crippen LogP contribution in [0.15, 0.2) is 90.3 Å². The number of hydrogen-bond acceptors (Lipinski definition) is 7. The Morgan fingerprint density at radius 1 is 0.755 bits per heavy atom. The summed E-state index contributed by atoms with van der Waals surface area (Å²) in [5.41, 5.74) is 3.75. The third kappa shape index (κ3) is 10.0. The minimum absolute atomic E-state index is 0.0451. The van der Waals surface area contributed by atoms with Crippen molar-refractivity contribution in [3.63, 3.8) is 0 Å². The number of carboxylic acids is 1. The number of rotatable bonds is 5. The summed E-state index contributed by atoms with van der Waals surface area (Å²) in [5.74, 6) is -4.17. The highest BCUT2D eigenvalue weighted by molar-refractivity contribution is 8.03. The van der Waals surface area contributed by atoms with E-state index < -0.39 is 60.2 Å². The first-order valence-electron chi connectivity index (χ1n) is 15.9. The number of allylic oxidation sites excluding steroid dienone is 1. The normalized spacial score (nSPS) is 22.6. The quantitative estimate of drug-likeness (QED) is 0.222. The topological polar surface area (TPSA) is 183 Å². The van der Waals surface area contributed by atoms with Crippen LogP contribution in [0.3, 0.4) is 0 Å². The Hall–Kier alpha value is -5.43. The molecule has 0 aromatic heterocycles. The van der Waals surface area contributed by atoms with E-state index in [0.29, 0.717) is 17.7 Å². The van der Waals surface area contributed by atoms with Crippen molar-refractivity contribution in [2.45, 2.75) is 55.5 Å². The second kappa shape index (κ2) is 16.6. The molecule has 0 spiro atoms. The van der Waals surface area contributed by atoms with Crippen LogP contribution in [0.25, 0.3) is 11.1 Å². The van der Waals surface area contributed by atoms with Gasteiger partial charge in [-0.1, -0.05) is 72.8 Å². The minimum Gasteiger partial charge on any atom is -0.480 e. The minimum atomic E-state index is -1.28. The number of hydrogen-bond donors (Lipinski definition) is 6. The molecule has 0 saturated heterocycles. The maximum absolute atomic E-state index is 13.8. The Labute approximate surface area is 287 Å². The van der Waals surface area contributed by atoms with Crippen molar-refractivity contribution in [2.24, 2.45) is 0 Å². The largest absolute Gasteiger partial charge is 0.480 e. The molecule has 3 aromatic carbocycles. The molecule has 0 radical (unpaired) electrons. The van der Waals surface area contributed by atoms with Gasteiger partial charge in [-0.15, -0.1) is 11.8 Å². The van der Waals surface area contributed by atoms with Gasteiger partial charge in [0.05, 0.1) is 6.54 Å². The van der Waals surface area contributed by atoms with Crippen LogP contribution >= 0.6 is 11.8 Å². The molecule has 3 aliphatic heterocycles. The molecule has 3 aliphatic rings. The van der Waals surface area contributed by atoms with Gasteiger partial charge >= 0.3 is 5.97 Å². The van der Waals surface area contributed by atoms with Crippen molar-refractivity contribution >= 4 is 53.0 Å². The molecule has 0 aliphatic carbocycles. The Morgan fingerprint density at radius 3 is 2.12 bits per heavy atom. The van der Waals surface area contributed by atoms with E-state index in [0.717, 1.165) is 16.7 Å². The Bertz CT molecular complexity index is 1710. The lowest BCUT2D eigenvalue weighted by Crippen LogP contribution is -2.58. The number of benzene rings is 3. The molecular formula is C36H37N5O7S. The van der Waals surface area contributed by atoms with Crippen molar-refractivity contribution in [3.8, 4) is 11.1 Å². The standard InChI is InChI=1S/C36H37N5O7S/c42-30-16-17-31(43)41-33(29-7-4-18-49-29)35(46)40-27(19-22-8-12-25(13-9-22)24-5-2-1-3-6-24)34(45)37-21-32(44)39-28(36(47)48)20-23-10-14-26(38-30)15-11-23/h1-6,8-15,18,27-29,33H,7,16-17,19-21H2,(H,37,45)(H,38,42)(H,39,44)(H,40,46)(H,41,43)(H,47,48)/t27-,28-,29?,33?/m0/s1. The third-order valence-electron chi connectivity index (χ3n) is 8.14. The van der Waals surface area contributed by atoms with Gasteiger partial charge in [0.2, 0.25) is 29.5 Å². The maximum Gasteiger partial charge on any atom is 0.326 e. The lowest BCUT2D eigenvalue weighted by molar-refractivity contribution is -0.141. The summed E-state index contributed by atoms with van der Waals surface area (Å²) in [6.45, 7) is -0.532. The van der Waals surface area contributed by atoms with Crippen LogP contribution in [0, 0.1) is 0 Å². The van der Waals surface area contributed by atoms with E-state index in [1.54, 1.807) is 24.3 Å². The molecule has 3 heterocycles. The van der Waals surface area contributed by atoms with Crippen molar-refractivity contribution in [3.05, 3.63) is 101 Å². The molecule has 3 aromatic rings. The van der Waals surface area contributed by atoms with Gasteiger partial charge in [-0.3, -0.25) is 24.0 Å². The van der Waals surface area contributed by atoms with E-state index in [2.05, 4.69) is 26.6 Å². The zero-order valence-electron chi connectivity index (χ0n) is 26.5. The first-order valence-corrected chi connectivity index (χ1v) is 16.8. The van der Waals surface area contributed by atoms with Gasteiger partial charge in [-0.2, -0.15) is 0 Å². The van der Waals surface area contributed by atoms with Gasteiger partial charge < -0.3 is 31.7 Å². The SMILES string of the molecule is O=C1CCC(=O)NC(C2CC=CS2)C(=O)N[C@@H](Cc2ccc(-c3ccccc3)cc2)C(=O)NCC(=O)N[C@H](C(=O)O)Cc2ccc(cc2)N1. The number of anilines is 1. The summed E-state index contributed by atoms with van der Waals surface area (Å²) in [5, 5.41) is 24.5. The van der Waals surface area contributed by atoms with Crippen LogP contribution in [0.1, 0.15) is 30.4 Å². The fourth-order valence-corrected chi connectivity index (χ4v) is 6.50. The summed E-state index contributed by atoms with van der Waals surface area (Å²) < 4.78 is 0. The van der Waals surface area contributed by atoms with Crippen molar-refractivity contribution in [1.82, 2.24) is 21.3 Å². The zero-order valence-corrected chi connectivity index (χ0v) is 27.3. The number of amides is 5. The molecule has 0 fully saturated rings. The zero-order chi connectivity index (χ0) is 34.8. The highest BCUT2D eigenvalue weighted by Gasteiger charge is 2.34. The van der Waals surface area contributed by atoms with Gasteiger partial charge in [-0.25, -0.2) is 4.79 Å². The molecule has 5 amide bonds. The molecule has 12 nitrogen and oxygen atoms in total. The summed E-state index contributed by atoms with van der Waals surface area (Å²) in [6, 6.07) is 20.2. The molecule has 49 heavy (non-hydrogen) atoms. The van der Waals surface area contributed by atoms with Gasteiger partial charge in [0.15, 0.2) is 0 Å². The van der Waals surface area contributed by atoms with E-state index >= 15 is 0 Å². The highest BCUT2D eigenvalue weighted by atomic mass is 32.2. The van der Waals surface area contributed by atoms with E-state index in [1.807, 2.05) is 66.1 Å². The average molecular weight is 684 g/mol. The average Bonchev–Trinajstić information content (AvgIpc) is 3.64. The van der Waals surface area contributed by atoms with Gasteiger partial charge in [-0.05, 0) is 46.2 Å². The fourth-order valence-electron chi connectivity index (χ4n) is 5.51. The van der Waals surface area contributed by atoms with Crippen molar-refractivity contribution < 1.29 is 33.9 Å². The summed E-state index contributed by atoms with van der Waals surface area (Å²) in [6.07, 6.45) is 2.09. The molecule has 13 heteroatoms. The lowest BCUT2D eigenvalue weighted by Gasteiger charge is -2.26. The Morgan fingerprint density at radius 2 is 1.45 bits per heavy atom. The molecule has 2 unspecified atom stereocenters. The number of carbonyl (C=O) groups is 6. The van der Waals surface area contributed by atoms with E-state index in [1.165, 1.54) is 11.8 Å². The second-order valence-electron chi connectivity index (χ2n) is 11.8. The summed E-state index contributed by atoms with van der Waals surface area (Å²) in [4.78, 5) is 77.8. The fraction of sp³-hybridized carbons (Fsp3) is 0.278. The highest BCUT2D eigenvalue weighted by Crippen LogP contribution is 2.27. The molecule has 254 valence electrons. The van der Waals surface area contributed by atoms with Gasteiger partial charge in [0.25, 0.3) is 0 Å².